The Hall–Kier alpha value is -2.21. The van der Waals surface area contributed by atoms with E-state index in [1.165, 1.54) is 0 Å². The average Bonchev–Trinajstić information content (AvgIpc) is 2.86. The van der Waals surface area contributed by atoms with E-state index in [4.69, 9.17) is 4.74 Å². The lowest BCUT2D eigenvalue weighted by Gasteiger charge is -2.27. The van der Waals surface area contributed by atoms with E-state index in [0.29, 0.717) is 37.6 Å². The van der Waals surface area contributed by atoms with E-state index in [0.717, 1.165) is 4.90 Å². The fraction of sp³-hybridized carbons (Fsp3) is 0.400. The van der Waals surface area contributed by atoms with Crippen LogP contribution in [-0.2, 0) is 14.3 Å². The van der Waals surface area contributed by atoms with E-state index in [1.54, 1.807) is 29.2 Å². The lowest BCUT2D eigenvalue weighted by molar-refractivity contribution is -0.121. The summed E-state index contributed by atoms with van der Waals surface area (Å²) in [4.78, 5) is 38.8. The summed E-state index contributed by atoms with van der Waals surface area (Å²) >= 11 is 0. The van der Waals surface area contributed by atoms with Crippen molar-refractivity contribution >= 4 is 23.4 Å². The Balaban J connectivity index is 1.84. The van der Waals surface area contributed by atoms with E-state index in [9.17, 15) is 14.4 Å². The van der Waals surface area contributed by atoms with Crippen LogP contribution in [0.4, 0.5) is 5.69 Å². The minimum absolute atomic E-state index is 0.0979. The molecule has 0 bridgehead atoms. The predicted molar refractivity (Wildman–Crippen MR) is 74.9 cm³/mol. The highest BCUT2D eigenvalue weighted by Crippen LogP contribution is 2.24. The maximum atomic E-state index is 12.4. The third-order valence-corrected chi connectivity index (χ3v) is 3.70. The number of nitrogens with zero attached hydrogens (tertiary/aromatic N) is 2. The fourth-order valence-corrected chi connectivity index (χ4v) is 2.59. The number of imide groups is 1. The second-order valence-electron chi connectivity index (χ2n) is 5.08. The molecule has 0 N–H and O–H groups in total. The van der Waals surface area contributed by atoms with Crippen LogP contribution < -0.4 is 4.90 Å². The van der Waals surface area contributed by atoms with Crippen LogP contribution in [0.3, 0.4) is 0 Å². The van der Waals surface area contributed by atoms with Crippen LogP contribution in [0.2, 0.25) is 0 Å². The average molecular weight is 288 g/mol. The van der Waals surface area contributed by atoms with Gasteiger partial charge in [0.15, 0.2) is 0 Å². The molecule has 0 unspecified atom stereocenters. The minimum atomic E-state index is -0.212. The number of benzene rings is 1. The van der Waals surface area contributed by atoms with Crippen molar-refractivity contribution in [2.45, 2.75) is 12.8 Å². The van der Waals surface area contributed by atoms with Crippen LogP contribution in [0.5, 0.6) is 0 Å². The van der Waals surface area contributed by atoms with E-state index in [1.807, 2.05) is 0 Å². The summed E-state index contributed by atoms with van der Waals surface area (Å²) in [5, 5.41) is 0. The molecule has 2 aliphatic heterocycles. The number of anilines is 1. The van der Waals surface area contributed by atoms with Crippen molar-refractivity contribution in [3.05, 3.63) is 29.8 Å². The van der Waals surface area contributed by atoms with Gasteiger partial charge in [-0.2, -0.15) is 0 Å². The molecule has 0 saturated carbocycles. The van der Waals surface area contributed by atoms with Gasteiger partial charge in [-0.05, 0) is 18.2 Å². The van der Waals surface area contributed by atoms with Crippen LogP contribution in [0.25, 0.3) is 0 Å². The third kappa shape index (κ3) is 2.67. The summed E-state index contributed by atoms with van der Waals surface area (Å²) in [6.45, 7) is 2.19. The largest absolute Gasteiger partial charge is 0.378 e. The SMILES string of the molecule is O=C(c1cccc(N2C(=O)CCC2=O)c1)N1CCOCC1. The van der Waals surface area contributed by atoms with E-state index >= 15 is 0 Å². The highest BCUT2D eigenvalue weighted by Gasteiger charge is 2.30. The Morgan fingerprint density at radius 1 is 1.05 bits per heavy atom. The lowest BCUT2D eigenvalue weighted by Crippen LogP contribution is -2.40. The van der Waals surface area contributed by atoms with Crippen molar-refractivity contribution in [1.82, 2.24) is 4.90 Å². The first-order chi connectivity index (χ1) is 10.2. The molecule has 0 radical (unpaired) electrons. The first-order valence-electron chi connectivity index (χ1n) is 7.00. The zero-order valence-corrected chi connectivity index (χ0v) is 11.6. The Kier molecular flexibility index (Phi) is 3.70. The molecule has 3 amide bonds. The monoisotopic (exact) mass is 288 g/mol. The van der Waals surface area contributed by atoms with Crippen LogP contribution in [-0.4, -0.2) is 48.9 Å². The van der Waals surface area contributed by atoms with Gasteiger partial charge in [0, 0.05) is 31.5 Å². The molecule has 0 spiro atoms. The summed E-state index contributed by atoms with van der Waals surface area (Å²) in [5.41, 5.74) is 0.962. The second kappa shape index (κ2) is 5.65. The van der Waals surface area contributed by atoms with Gasteiger partial charge in [-0.3, -0.25) is 19.3 Å². The van der Waals surface area contributed by atoms with Crippen LogP contribution in [0.15, 0.2) is 24.3 Å². The lowest BCUT2D eigenvalue weighted by atomic mass is 10.1. The molecular formula is C15H16N2O4. The van der Waals surface area contributed by atoms with Crippen molar-refractivity contribution < 1.29 is 19.1 Å². The van der Waals surface area contributed by atoms with E-state index in [2.05, 4.69) is 0 Å². The van der Waals surface area contributed by atoms with Gasteiger partial charge in [0.25, 0.3) is 5.91 Å². The normalized spacial score (nSPS) is 19.2. The van der Waals surface area contributed by atoms with E-state index in [-0.39, 0.29) is 30.6 Å². The molecule has 21 heavy (non-hydrogen) atoms. The number of carbonyl (C=O) groups is 3. The molecular weight excluding hydrogens is 272 g/mol. The van der Waals surface area contributed by atoms with Crippen molar-refractivity contribution in [1.29, 1.82) is 0 Å². The Morgan fingerprint density at radius 3 is 2.38 bits per heavy atom. The number of amides is 3. The molecule has 2 fully saturated rings. The molecule has 110 valence electrons. The van der Waals surface area contributed by atoms with Gasteiger partial charge < -0.3 is 9.64 Å². The second-order valence-corrected chi connectivity index (χ2v) is 5.08. The highest BCUT2D eigenvalue weighted by molar-refractivity contribution is 6.20. The Labute approximate surface area is 122 Å². The van der Waals surface area contributed by atoms with Crippen LogP contribution in [0.1, 0.15) is 23.2 Å². The summed E-state index contributed by atoms with van der Waals surface area (Å²) in [6.07, 6.45) is 0.473. The quantitative estimate of drug-likeness (QED) is 0.755. The number of rotatable bonds is 2. The highest BCUT2D eigenvalue weighted by atomic mass is 16.5. The number of ether oxygens (including phenoxy) is 1. The maximum absolute atomic E-state index is 12.4. The molecule has 0 aliphatic carbocycles. The summed E-state index contributed by atoms with van der Waals surface area (Å²) in [5.74, 6) is -0.522. The van der Waals surface area contributed by atoms with Gasteiger partial charge in [-0.1, -0.05) is 6.07 Å². The van der Waals surface area contributed by atoms with Crippen molar-refractivity contribution in [3.63, 3.8) is 0 Å². The zero-order chi connectivity index (χ0) is 14.8. The predicted octanol–water partition coefficient (Wildman–Crippen LogP) is 0.812. The first kappa shape index (κ1) is 13.8. The smallest absolute Gasteiger partial charge is 0.254 e. The summed E-state index contributed by atoms with van der Waals surface area (Å²) in [6, 6.07) is 6.68. The maximum Gasteiger partial charge on any atom is 0.254 e. The van der Waals surface area contributed by atoms with E-state index < -0.39 is 0 Å². The van der Waals surface area contributed by atoms with Gasteiger partial charge in [0.1, 0.15) is 0 Å². The zero-order valence-electron chi connectivity index (χ0n) is 11.6. The molecule has 1 aromatic rings. The molecule has 3 rings (SSSR count). The molecule has 6 heteroatoms. The molecule has 2 heterocycles. The standard InChI is InChI=1S/C15H16N2O4/c18-13-4-5-14(19)17(13)12-3-1-2-11(10-12)15(20)16-6-8-21-9-7-16/h1-3,10H,4-9H2. The number of carbonyl (C=O) groups excluding carboxylic acids is 3. The third-order valence-electron chi connectivity index (χ3n) is 3.70. The van der Waals surface area contributed by atoms with Gasteiger partial charge in [0.05, 0.1) is 18.9 Å². The van der Waals surface area contributed by atoms with Crippen molar-refractivity contribution in [2.24, 2.45) is 0 Å². The summed E-state index contributed by atoms with van der Waals surface area (Å²) < 4.78 is 5.23. The van der Waals surface area contributed by atoms with Gasteiger partial charge in [0.2, 0.25) is 11.8 Å². The molecule has 0 atom stereocenters. The number of hydrogen-bond acceptors (Lipinski definition) is 4. The molecule has 6 nitrogen and oxygen atoms in total. The molecule has 2 aliphatic rings. The summed E-state index contributed by atoms with van der Waals surface area (Å²) in [7, 11) is 0. The van der Waals surface area contributed by atoms with Crippen LogP contribution >= 0.6 is 0 Å². The fourth-order valence-electron chi connectivity index (χ4n) is 2.59. The molecule has 2 saturated heterocycles. The minimum Gasteiger partial charge on any atom is -0.378 e. The topological polar surface area (TPSA) is 66.9 Å². The van der Waals surface area contributed by atoms with Gasteiger partial charge >= 0.3 is 0 Å². The molecule has 1 aromatic carbocycles. The number of morpholine rings is 1. The van der Waals surface area contributed by atoms with Gasteiger partial charge in [-0.25, -0.2) is 0 Å². The first-order valence-corrected chi connectivity index (χ1v) is 7.00. The molecule has 0 aromatic heterocycles. The van der Waals surface area contributed by atoms with Crippen LogP contribution in [0, 0.1) is 0 Å². The van der Waals surface area contributed by atoms with Crippen molar-refractivity contribution in [2.75, 3.05) is 31.2 Å². The number of hydrogen-bond donors (Lipinski definition) is 0. The van der Waals surface area contributed by atoms with Gasteiger partial charge in [-0.15, -0.1) is 0 Å². The Bertz CT molecular complexity index is 577. The Morgan fingerprint density at radius 2 is 1.71 bits per heavy atom. The van der Waals surface area contributed by atoms with Crippen molar-refractivity contribution in [3.8, 4) is 0 Å².